The second kappa shape index (κ2) is 7.10. The fourth-order valence-corrected chi connectivity index (χ4v) is 2.24. The molecular weight excluding hydrogens is 367 g/mol. The van der Waals surface area contributed by atoms with E-state index in [0.717, 1.165) is 5.56 Å². The molecule has 1 aromatic heterocycles. The molecule has 0 aliphatic heterocycles. The predicted molar refractivity (Wildman–Crippen MR) is 82.8 cm³/mol. The highest BCUT2D eigenvalue weighted by atomic mass is 127. The highest BCUT2D eigenvalue weighted by molar-refractivity contribution is 14.1. The molecule has 2 rings (SSSR count). The first-order valence-corrected chi connectivity index (χ1v) is 7.24. The summed E-state index contributed by atoms with van der Waals surface area (Å²) in [5.41, 5.74) is 1.03. The topological polar surface area (TPSA) is 57.2 Å². The molecule has 0 bridgehead atoms. The standard InChI is InChI=1S/C15H13IN2O2/c16-14-8-7-13(20-14)15(19)18(10-4-9-17)11-12-5-2-1-3-6-12/h1-3,5-8H,4,10-11H2. The average molecular weight is 380 g/mol. The number of hydrogen-bond donors (Lipinski definition) is 0. The van der Waals surface area contributed by atoms with Gasteiger partial charge in [0.25, 0.3) is 5.91 Å². The van der Waals surface area contributed by atoms with Gasteiger partial charge >= 0.3 is 0 Å². The van der Waals surface area contributed by atoms with Gasteiger partial charge in [0, 0.05) is 13.1 Å². The van der Waals surface area contributed by atoms with E-state index < -0.39 is 0 Å². The number of carbonyl (C=O) groups is 1. The fourth-order valence-electron chi connectivity index (χ4n) is 1.83. The molecule has 0 spiro atoms. The van der Waals surface area contributed by atoms with Gasteiger partial charge in [0.15, 0.2) is 9.53 Å². The summed E-state index contributed by atoms with van der Waals surface area (Å²) in [5.74, 6) is 0.121. The average Bonchev–Trinajstić information content (AvgIpc) is 2.90. The van der Waals surface area contributed by atoms with Gasteiger partial charge in [0.2, 0.25) is 0 Å². The number of rotatable bonds is 5. The van der Waals surface area contributed by atoms with E-state index in [1.165, 1.54) is 0 Å². The van der Waals surface area contributed by atoms with E-state index in [2.05, 4.69) is 6.07 Å². The van der Waals surface area contributed by atoms with Gasteiger partial charge in [-0.2, -0.15) is 5.26 Å². The summed E-state index contributed by atoms with van der Waals surface area (Å²) in [6.07, 6.45) is 0.302. The van der Waals surface area contributed by atoms with Crippen LogP contribution in [0.15, 0.2) is 46.9 Å². The van der Waals surface area contributed by atoms with Crippen molar-refractivity contribution in [1.29, 1.82) is 5.26 Å². The van der Waals surface area contributed by atoms with Crippen LogP contribution in [0.2, 0.25) is 0 Å². The molecule has 4 nitrogen and oxygen atoms in total. The Balaban J connectivity index is 2.15. The number of nitrogens with zero attached hydrogens (tertiary/aromatic N) is 2. The van der Waals surface area contributed by atoms with Gasteiger partial charge in [0.05, 0.1) is 12.5 Å². The second-order valence-corrected chi connectivity index (χ2v) is 5.29. The van der Waals surface area contributed by atoms with E-state index in [9.17, 15) is 4.79 Å². The van der Waals surface area contributed by atoms with E-state index in [1.54, 1.807) is 17.0 Å². The molecule has 102 valence electrons. The van der Waals surface area contributed by atoms with Crippen LogP contribution in [0.5, 0.6) is 0 Å². The Morgan fingerprint density at radius 1 is 1.25 bits per heavy atom. The van der Waals surface area contributed by atoms with Crippen LogP contribution in [-0.2, 0) is 6.54 Å². The molecule has 1 aromatic carbocycles. The van der Waals surface area contributed by atoms with Crippen molar-refractivity contribution in [3.05, 3.63) is 57.6 Å². The summed E-state index contributed by atoms with van der Waals surface area (Å²) in [6, 6.07) is 15.2. The maximum absolute atomic E-state index is 12.4. The van der Waals surface area contributed by atoms with Crippen LogP contribution < -0.4 is 0 Å². The number of hydrogen-bond acceptors (Lipinski definition) is 3. The number of furan rings is 1. The highest BCUT2D eigenvalue weighted by Crippen LogP contribution is 2.15. The zero-order valence-electron chi connectivity index (χ0n) is 10.8. The quantitative estimate of drug-likeness (QED) is 0.747. The lowest BCUT2D eigenvalue weighted by atomic mass is 10.2. The van der Waals surface area contributed by atoms with Gasteiger partial charge < -0.3 is 9.32 Å². The fraction of sp³-hybridized carbons (Fsp3) is 0.200. The molecule has 0 N–H and O–H groups in total. The van der Waals surface area contributed by atoms with E-state index in [1.807, 2.05) is 52.9 Å². The molecule has 0 saturated carbocycles. The number of halogens is 1. The van der Waals surface area contributed by atoms with Gasteiger partial charge in [-0.3, -0.25) is 4.79 Å². The third-order valence-electron chi connectivity index (χ3n) is 2.78. The Bertz CT molecular complexity index is 616. The monoisotopic (exact) mass is 380 g/mol. The van der Waals surface area contributed by atoms with Crippen molar-refractivity contribution >= 4 is 28.5 Å². The first kappa shape index (κ1) is 14.6. The molecule has 0 aliphatic rings. The third-order valence-corrected chi connectivity index (χ3v) is 3.36. The minimum absolute atomic E-state index is 0.188. The molecule has 0 aliphatic carbocycles. The van der Waals surface area contributed by atoms with Crippen LogP contribution in [0.1, 0.15) is 22.5 Å². The van der Waals surface area contributed by atoms with Crippen molar-refractivity contribution in [2.75, 3.05) is 6.54 Å². The summed E-state index contributed by atoms with van der Waals surface area (Å²) in [6.45, 7) is 0.861. The van der Waals surface area contributed by atoms with Gasteiger partial charge in [-0.25, -0.2) is 0 Å². The van der Waals surface area contributed by atoms with E-state index in [-0.39, 0.29) is 5.91 Å². The van der Waals surface area contributed by atoms with Crippen LogP contribution in [0, 0.1) is 15.1 Å². The lowest BCUT2D eigenvalue weighted by Gasteiger charge is -2.20. The molecule has 0 atom stereocenters. The van der Waals surface area contributed by atoms with Gasteiger partial charge in [-0.15, -0.1) is 0 Å². The lowest BCUT2D eigenvalue weighted by molar-refractivity contribution is 0.0713. The Kier molecular flexibility index (Phi) is 5.18. The summed E-state index contributed by atoms with van der Waals surface area (Å²) in [4.78, 5) is 14.0. The van der Waals surface area contributed by atoms with Crippen LogP contribution in [-0.4, -0.2) is 17.4 Å². The van der Waals surface area contributed by atoms with Gasteiger partial charge in [-0.05, 0) is 40.3 Å². The Labute approximate surface area is 131 Å². The zero-order chi connectivity index (χ0) is 14.4. The van der Waals surface area contributed by atoms with Crippen molar-refractivity contribution < 1.29 is 9.21 Å². The second-order valence-electron chi connectivity index (χ2n) is 4.22. The summed E-state index contributed by atoms with van der Waals surface area (Å²) in [5, 5.41) is 8.73. The zero-order valence-corrected chi connectivity index (χ0v) is 12.9. The van der Waals surface area contributed by atoms with E-state index in [0.29, 0.717) is 29.0 Å². The molecule has 0 radical (unpaired) electrons. The van der Waals surface area contributed by atoms with Crippen molar-refractivity contribution in [3.63, 3.8) is 0 Å². The first-order chi connectivity index (χ1) is 9.70. The van der Waals surface area contributed by atoms with Gasteiger partial charge in [-0.1, -0.05) is 30.3 Å². The SMILES string of the molecule is N#CCCN(Cc1ccccc1)C(=O)c1ccc(I)o1. The third kappa shape index (κ3) is 3.84. The molecule has 0 unspecified atom stereocenters. The molecule has 5 heteroatoms. The van der Waals surface area contributed by atoms with Crippen LogP contribution in [0.4, 0.5) is 0 Å². The number of amides is 1. The Morgan fingerprint density at radius 3 is 2.60 bits per heavy atom. The summed E-state index contributed by atoms with van der Waals surface area (Å²) >= 11 is 2.02. The summed E-state index contributed by atoms with van der Waals surface area (Å²) < 4.78 is 6.03. The van der Waals surface area contributed by atoms with Crippen LogP contribution in [0.25, 0.3) is 0 Å². The smallest absolute Gasteiger partial charge is 0.289 e. The highest BCUT2D eigenvalue weighted by Gasteiger charge is 2.19. The Hall–Kier alpha value is -1.81. The van der Waals surface area contributed by atoms with Crippen molar-refractivity contribution in [1.82, 2.24) is 4.90 Å². The molecule has 0 saturated heterocycles. The molecule has 2 aromatic rings. The molecule has 1 heterocycles. The van der Waals surface area contributed by atoms with Crippen LogP contribution >= 0.6 is 22.6 Å². The molecule has 1 amide bonds. The summed E-state index contributed by atoms with van der Waals surface area (Å²) in [7, 11) is 0. The van der Waals surface area contributed by atoms with E-state index in [4.69, 9.17) is 9.68 Å². The maximum Gasteiger partial charge on any atom is 0.289 e. The normalized spacial score (nSPS) is 10.0. The van der Waals surface area contributed by atoms with Gasteiger partial charge in [0.1, 0.15) is 0 Å². The first-order valence-electron chi connectivity index (χ1n) is 6.16. The molecule has 0 fully saturated rings. The largest absolute Gasteiger partial charge is 0.445 e. The minimum atomic E-state index is -0.188. The predicted octanol–water partition coefficient (Wildman–Crippen LogP) is 3.44. The number of nitriles is 1. The van der Waals surface area contributed by atoms with Crippen molar-refractivity contribution in [2.45, 2.75) is 13.0 Å². The maximum atomic E-state index is 12.4. The number of carbonyl (C=O) groups excluding carboxylic acids is 1. The number of benzene rings is 1. The van der Waals surface area contributed by atoms with Crippen molar-refractivity contribution in [2.24, 2.45) is 0 Å². The minimum Gasteiger partial charge on any atom is -0.445 e. The molecular formula is C15H13IN2O2. The Morgan fingerprint density at radius 2 is 2.00 bits per heavy atom. The van der Waals surface area contributed by atoms with Crippen molar-refractivity contribution in [3.8, 4) is 6.07 Å². The lowest BCUT2D eigenvalue weighted by Crippen LogP contribution is -2.31. The van der Waals surface area contributed by atoms with Crippen LogP contribution in [0.3, 0.4) is 0 Å². The molecule has 20 heavy (non-hydrogen) atoms. The van der Waals surface area contributed by atoms with E-state index >= 15 is 0 Å².